The lowest BCUT2D eigenvalue weighted by atomic mass is 10.1. The van der Waals surface area contributed by atoms with Crippen molar-refractivity contribution in [2.75, 3.05) is 5.32 Å². The van der Waals surface area contributed by atoms with Crippen molar-refractivity contribution in [2.45, 2.75) is 0 Å². The summed E-state index contributed by atoms with van der Waals surface area (Å²) in [5.41, 5.74) is 8.37. The predicted molar refractivity (Wildman–Crippen MR) is 90.7 cm³/mol. The number of nitrogens with one attached hydrogen (secondary N) is 1. The van der Waals surface area contributed by atoms with E-state index in [0.29, 0.717) is 11.0 Å². The van der Waals surface area contributed by atoms with Gasteiger partial charge in [0.05, 0.1) is 5.56 Å². The van der Waals surface area contributed by atoms with Crippen LogP contribution in [0.5, 0.6) is 0 Å². The van der Waals surface area contributed by atoms with E-state index in [9.17, 15) is 4.79 Å². The number of primary amides is 1. The third-order valence-corrected chi connectivity index (χ3v) is 3.48. The van der Waals surface area contributed by atoms with Crippen LogP contribution in [0.3, 0.4) is 0 Å². The molecule has 0 aliphatic rings. The molecule has 0 atom stereocenters. The Morgan fingerprint density at radius 1 is 1.00 bits per heavy atom. The number of hydrogen-bond acceptors (Lipinski definition) is 4. The molecule has 0 unspecified atom stereocenters. The lowest BCUT2D eigenvalue weighted by molar-refractivity contribution is 0.0999. The van der Waals surface area contributed by atoms with Gasteiger partial charge in [0.15, 0.2) is 0 Å². The zero-order chi connectivity index (χ0) is 16.2. The Balaban J connectivity index is 1.82. The van der Waals surface area contributed by atoms with Gasteiger partial charge in [0.2, 0.25) is 5.95 Å². The number of rotatable bonds is 4. The summed E-state index contributed by atoms with van der Waals surface area (Å²) in [5, 5.41) is 3.79. The maximum atomic E-state index is 11.0. The molecule has 1 amide bonds. The zero-order valence-corrected chi connectivity index (χ0v) is 12.8. The number of hydrogen-bond donors (Lipinski definition) is 2. The first-order valence-corrected chi connectivity index (χ1v) is 7.24. The maximum absolute atomic E-state index is 11.0. The summed E-state index contributed by atoms with van der Waals surface area (Å²) < 4.78 is 0. The van der Waals surface area contributed by atoms with Crippen molar-refractivity contribution in [3.63, 3.8) is 0 Å². The number of anilines is 2. The molecule has 0 spiro atoms. The topological polar surface area (TPSA) is 80.9 Å². The highest BCUT2D eigenvalue weighted by molar-refractivity contribution is 6.30. The summed E-state index contributed by atoms with van der Waals surface area (Å²) >= 11 is 5.91. The summed E-state index contributed by atoms with van der Waals surface area (Å²) in [6, 6.07) is 15.4. The molecule has 3 N–H and O–H groups in total. The fourth-order valence-electron chi connectivity index (χ4n) is 2.07. The molecule has 1 heterocycles. The normalized spacial score (nSPS) is 10.3. The number of nitrogens with two attached hydrogens (primary N) is 1. The van der Waals surface area contributed by atoms with Crippen LogP contribution < -0.4 is 11.1 Å². The van der Waals surface area contributed by atoms with Gasteiger partial charge in [-0.05, 0) is 35.4 Å². The maximum Gasteiger partial charge on any atom is 0.251 e. The van der Waals surface area contributed by atoms with E-state index < -0.39 is 5.91 Å². The van der Waals surface area contributed by atoms with Crippen molar-refractivity contribution in [1.29, 1.82) is 0 Å². The summed E-state index contributed by atoms with van der Waals surface area (Å²) in [4.78, 5) is 19.1. The van der Waals surface area contributed by atoms with Crippen LogP contribution in [0.2, 0.25) is 5.02 Å². The first-order chi connectivity index (χ1) is 11.1. The second-order valence-electron chi connectivity index (χ2n) is 4.87. The van der Waals surface area contributed by atoms with Gasteiger partial charge in [0.25, 0.3) is 5.91 Å². The molecule has 0 aliphatic carbocycles. The van der Waals surface area contributed by atoms with Crippen LogP contribution in [0, 0.1) is 0 Å². The first-order valence-electron chi connectivity index (χ1n) is 6.87. The van der Waals surface area contributed by atoms with Crippen molar-refractivity contribution >= 4 is 29.1 Å². The third kappa shape index (κ3) is 3.64. The van der Waals surface area contributed by atoms with Crippen LogP contribution in [0.4, 0.5) is 11.6 Å². The minimum Gasteiger partial charge on any atom is -0.366 e. The number of amides is 1. The number of carbonyl (C=O) groups is 1. The van der Waals surface area contributed by atoms with Crippen LogP contribution in [-0.2, 0) is 0 Å². The molecule has 23 heavy (non-hydrogen) atoms. The Bertz CT molecular complexity index is 832. The quantitative estimate of drug-likeness (QED) is 0.767. The Morgan fingerprint density at radius 2 is 1.70 bits per heavy atom. The van der Waals surface area contributed by atoms with Gasteiger partial charge in [-0.15, -0.1) is 0 Å². The lowest BCUT2D eigenvalue weighted by Gasteiger charge is -2.08. The average Bonchev–Trinajstić information content (AvgIpc) is 2.56. The van der Waals surface area contributed by atoms with Crippen LogP contribution in [-0.4, -0.2) is 15.9 Å². The van der Waals surface area contributed by atoms with Gasteiger partial charge in [0, 0.05) is 23.1 Å². The lowest BCUT2D eigenvalue weighted by Crippen LogP contribution is -2.12. The second kappa shape index (κ2) is 6.46. The van der Waals surface area contributed by atoms with Crippen LogP contribution in [0.1, 0.15) is 10.4 Å². The predicted octanol–water partition coefficient (Wildman–Crippen LogP) is 3.64. The summed E-state index contributed by atoms with van der Waals surface area (Å²) in [6.07, 6.45) is 2.78. The van der Waals surface area contributed by atoms with Crippen molar-refractivity contribution in [1.82, 2.24) is 9.97 Å². The molecule has 5 nitrogen and oxygen atoms in total. The Labute approximate surface area is 138 Å². The van der Waals surface area contributed by atoms with Crippen molar-refractivity contribution in [2.24, 2.45) is 5.73 Å². The zero-order valence-electron chi connectivity index (χ0n) is 12.0. The summed E-state index contributed by atoms with van der Waals surface area (Å²) in [6.45, 7) is 0. The highest BCUT2D eigenvalue weighted by Gasteiger charge is 2.04. The molecule has 0 radical (unpaired) electrons. The molecule has 0 saturated heterocycles. The van der Waals surface area contributed by atoms with Crippen LogP contribution >= 0.6 is 11.6 Å². The standard InChI is InChI=1S/C17H13ClN4O/c18-14-6-4-11(5-7-14)12-2-1-3-15(8-12)22-17-20-9-13(10-21-17)16(19)23/h1-10H,(H2,19,23)(H,20,21,22). The molecule has 2 aromatic carbocycles. The van der Waals surface area contributed by atoms with E-state index in [1.807, 2.05) is 48.5 Å². The fraction of sp³-hybridized carbons (Fsp3) is 0. The number of nitrogens with zero attached hydrogens (tertiary/aromatic N) is 2. The number of benzene rings is 2. The smallest absolute Gasteiger partial charge is 0.251 e. The number of carbonyl (C=O) groups excluding carboxylic acids is 1. The van der Waals surface area contributed by atoms with Gasteiger partial charge in [-0.3, -0.25) is 4.79 Å². The molecule has 114 valence electrons. The molecule has 6 heteroatoms. The summed E-state index contributed by atoms with van der Waals surface area (Å²) in [7, 11) is 0. The molecule has 0 aliphatic heterocycles. The Hall–Kier alpha value is -2.92. The molecule has 3 aromatic rings. The second-order valence-corrected chi connectivity index (χ2v) is 5.31. The van der Waals surface area contributed by atoms with Gasteiger partial charge in [-0.2, -0.15) is 0 Å². The van der Waals surface area contributed by atoms with Crippen molar-refractivity contribution < 1.29 is 4.79 Å². The SMILES string of the molecule is NC(=O)c1cnc(Nc2cccc(-c3ccc(Cl)cc3)c2)nc1. The van der Waals surface area contributed by atoms with Crippen LogP contribution in [0.15, 0.2) is 60.9 Å². The van der Waals surface area contributed by atoms with Crippen molar-refractivity contribution in [3.8, 4) is 11.1 Å². The number of halogens is 1. The third-order valence-electron chi connectivity index (χ3n) is 3.23. The molecule has 0 saturated carbocycles. The minimum absolute atomic E-state index is 0.269. The van der Waals surface area contributed by atoms with Crippen molar-refractivity contribution in [3.05, 3.63) is 71.5 Å². The van der Waals surface area contributed by atoms with Gasteiger partial charge in [-0.25, -0.2) is 9.97 Å². The van der Waals surface area contributed by atoms with E-state index in [2.05, 4.69) is 15.3 Å². The van der Waals surface area contributed by atoms with E-state index in [1.54, 1.807) is 0 Å². The molecular formula is C17H13ClN4O. The molecule has 1 aromatic heterocycles. The minimum atomic E-state index is -0.554. The largest absolute Gasteiger partial charge is 0.366 e. The summed E-state index contributed by atoms with van der Waals surface area (Å²) in [5.74, 6) is -0.162. The highest BCUT2D eigenvalue weighted by atomic mass is 35.5. The molecule has 0 bridgehead atoms. The van der Waals surface area contributed by atoms with Gasteiger partial charge < -0.3 is 11.1 Å². The molecule has 0 fully saturated rings. The van der Waals surface area contributed by atoms with Gasteiger partial charge >= 0.3 is 0 Å². The van der Waals surface area contributed by atoms with E-state index in [1.165, 1.54) is 12.4 Å². The van der Waals surface area contributed by atoms with E-state index >= 15 is 0 Å². The average molecular weight is 325 g/mol. The monoisotopic (exact) mass is 324 g/mol. The Kier molecular flexibility index (Phi) is 4.21. The van der Waals surface area contributed by atoms with E-state index in [-0.39, 0.29) is 5.56 Å². The molecule has 3 rings (SSSR count). The fourth-order valence-corrected chi connectivity index (χ4v) is 2.19. The van der Waals surface area contributed by atoms with E-state index in [4.69, 9.17) is 17.3 Å². The number of aromatic nitrogens is 2. The first kappa shape index (κ1) is 15.0. The van der Waals surface area contributed by atoms with Gasteiger partial charge in [-0.1, -0.05) is 35.9 Å². The Morgan fingerprint density at radius 3 is 2.35 bits per heavy atom. The van der Waals surface area contributed by atoms with Gasteiger partial charge in [0.1, 0.15) is 0 Å². The van der Waals surface area contributed by atoms with Crippen LogP contribution in [0.25, 0.3) is 11.1 Å². The van der Waals surface area contributed by atoms with E-state index in [0.717, 1.165) is 16.8 Å². The molecular weight excluding hydrogens is 312 g/mol. The highest BCUT2D eigenvalue weighted by Crippen LogP contribution is 2.25.